The molecule has 4 nitrogen and oxygen atoms in total. The molecule has 0 unspecified atom stereocenters. The van der Waals surface area contributed by atoms with Gasteiger partial charge in [-0.15, -0.1) is 0 Å². The molecular formula is C18H18Br2N2O2. The first-order valence-electron chi connectivity index (χ1n) is 7.45. The van der Waals surface area contributed by atoms with E-state index in [1.165, 1.54) is 5.56 Å². The summed E-state index contributed by atoms with van der Waals surface area (Å²) >= 11 is 6.83. The Morgan fingerprint density at radius 1 is 1.21 bits per heavy atom. The van der Waals surface area contributed by atoms with E-state index in [9.17, 15) is 4.79 Å². The van der Waals surface area contributed by atoms with Crippen LogP contribution < -0.4 is 10.2 Å². The fourth-order valence-electron chi connectivity index (χ4n) is 1.90. The number of carbonyl (C=O) groups is 1. The summed E-state index contributed by atoms with van der Waals surface area (Å²) < 4.78 is 7.34. The van der Waals surface area contributed by atoms with Gasteiger partial charge < -0.3 is 4.74 Å². The molecule has 0 aromatic heterocycles. The molecule has 1 N–H and O–H groups in total. The summed E-state index contributed by atoms with van der Waals surface area (Å²) in [5.74, 6) is 0.751. The molecule has 6 heteroatoms. The molecule has 0 spiro atoms. The second-order valence-corrected chi connectivity index (χ2v) is 7.25. The van der Waals surface area contributed by atoms with Crippen LogP contribution in [0.3, 0.4) is 0 Å². The quantitative estimate of drug-likeness (QED) is 0.501. The smallest absolute Gasteiger partial charge is 0.277 e. The Morgan fingerprint density at radius 3 is 2.54 bits per heavy atom. The normalized spacial score (nSPS) is 11.0. The lowest BCUT2D eigenvalue weighted by atomic mass is 10.0. The molecule has 0 aliphatic heterocycles. The van der Waals surface area contributed by atoms with E-state index in [0.29, 0.717) is 11.7 Å². The van der Waals surface area contributed by atoms with Crippen molar-refractivity contribution in [1.29, 1.82) is 0 Å². The standard InChI is InChI=1S/C18H18Br2N2O2/c1-12(2)14-5-8-17(16(20)9-14)24-11-18(23)22-21-10-13-3-6-15(19)7-4-13/h3-10,12H,11H2,1-2H3,(H,22,23). The number of halogens is 2. The zero-order valence-corrected chi connectivity index (χ0v) is 16.6. The number of hydrogen-bond acceptors (Lipinski definition) is 3. The summed E-state index contributed by atoms with van der Waals surface area (Å²) in [4.78, 5) is 11.8. The molecule has 0 fully saturated rings. The summed E-state index contributed by atoms with van der Waals surface area (Å²) in [6.45, 7) is 4.15. The molecule has 0 aliphatic rings. The third-order valence-electron chi connectivity index (χ3n) is 3.25. The monoisotopic (exact) mass is 452 g/mol. The van der Waals surface area contributed by atoms with E-state index in [2.05, 4.69) is 56.2 Å². The molecule has 24 heavy (non-hydrogen) atoms. The Morgan fingerprint density at radius 2 is 1.92 bits per heavy atom. The SMILES string of the molecule is CC(C)c1ccc(OCC(=O)NN=Cc2ccc(Br)cc2)c(Br)c1. The first-order valence-corrected chi connectivity index (χ1v) is 9.04. The average Bonchev–Trinajstić information content (AvgIpc) is 2.55. The molecule has 0 heterocycles. The fraction of sp³-hybridized carbons (Fsp3) is 0.222. The van der Waals surface area contributed by atoms with Gasteiger partial charge in [0.15, 0.2) is 6.61 Å². The van der Waals surface area contributed by atoms with E-state index in [0.717, 1.165) is 14.5 Å². The first-order chi connectivity index (χ1) is 11.5. The van der Waals surface area contributed by atoms with Crippen molar-refractivity contribution >= 4 is 44.0 Å². The summed E-state index contributed by atoms with van der Waals surface area (Å²) in [6, 6.07) is 13.5. The first kappa shape index (κ1) is 18.7. The number of hydrogen-bond donors (Lipinski definition) is 1. The van der Waals surface area contributed by atoms with Gasteiger partial charge >= 0.3 is 0 Å². The zero-order valence-electron chi connectivity index (χ0n) is 13.4. The van der Waals surface area contributed by atoms with Gasteiger partial charge in [-0.3, -0.25) is 4.79 Å². The van der Waals surface area contributed by atoms with Crippen molar-refractivity contribution < 1.29 is 9.53 Å². The molecule has 0 saturated heterocycles. The van der Waals surface area contributed by atoms with Crippen LogP contribution in [-0.2, 0) is 4.79 Å². The van der Waals surface area contributed by atoms with Gasteiger partial charge in [0, 0.05) is 4.47 Å². The molecule has 2 rings (SSSR count). The highest BCUT2D eigenvalue weighted by Crippen LogP contribution is 2.28. The van der Waals surface area contributed by atoms with Crippen LogP contribution in [0.4, 0.5) is 0 Å². The van der Waals surface area contributed by atoms with Crippen molar-refractivity contribution in [1.82, 2.24) is 5.43 Å². The van der Waals surface area contributed by atoms with E-state index in [1.54, 1.807) is 6.21 Å². The second kappa shape index (κ2) is 8.99. The third kappa shape index (κ3) is 5.76. The van der Waals surface area contributed by atoms with Crippen LogP contribution in [0.2, 0.25) is 0 Å². The van der Waals surface area contributed by atoms with Gasteiger partial charge in [0.05, 0.1) is 10.7 Å². The lowest BCUT2D eigenvalue weighted by Crippen LogP contribution is -2.24. The van der Waals surface area contributed by atoms with Crippen molar-refractivity contribution in [3.8, 4) is 5.75 Å². The van der Waals surface area contributed by atoms with Crippen molar-refractivity contribution in [2.45, 2.75) is 19.8 Å². The number of nitrogens with zero attached hydrogens (tertiary/aromatic N) is 1. The minimum Gasteiger partial charge on any atom is -0.483 e. The van der Waals surface area contributed by atoms with Gasteiger partial charge in [-0.1, -0.05) is 48.0 Å². The van der Waals surface area contributed by atoms with Gasteiger partial charge in [-0.2, -0.15) is 5.10 Å². The van der Waals surface area contributed by atoms with Gasteiger partial charge in [-0.25, -0.2) is 5.43 Å². The number of rotatable bonds is 6. The Bertz CT molecular complexity index is 728. The molecule has 0 bridgehead atoms. The van der Waals surface area contributed by atoms with E-state index in [1.807, 2.05) is 42.5 Å². The molecule has 1 amide bonds. The van der Waals surface area contributed by atoms with Gasteiger partial charge in [0.1, 0.15) is 5.75 Å². The van der Waals surface area contributed by atoms with E-state index >= 15 is 0 Å². The number of hydrazone groups is 1. The molecule has 2 aromatic carbocycles. The minimum absolute atomic E-state index is 0.0999. The molecule has 126 valence electrons. The number of amides is 1. The minimum atomic E-state index is -0.316. The maximum Gasteiger partial charge on any atom is 0.277 e. The molecule has 0 radical (unpaired) electrons. The van der Waals surface area contributed by atoms with Gasteiger partial charge in [-0.05, 0) is 57.2 Å². The van der Waals surface area contributed by atoms with Crippen LogP contribution in [0, 0.1) is 0 Å². The zero-order chi connectivity index (χ0) is 17.5. The number of ether oxygens (including phenoxy) is 1. The number of carbonyl (C=O) groups excluding carboxylic acids is 1. The predicted octanol–water partition coefficient (Wildman–Crippen LogP) is 4.86. The highest BCUT2D eigenvalue weighted by molar-refractivity contribution is 9.10. The average molecular weight is 454 g/mol. The maximum absolute atomic E-state index is 11.8. The van der Waals surface area contributed by atoms with Crippen molar-refractivity contribution in [2.75, 3.05) is 6.61 Å². The topological polar surface area (TPSA) is 50.7 Å². The molecule has 0 atom stereocenters. The lowest BCUT2D eigenvalue weighted by Gasteiger charge is -2.10. The summed E-state index contributed by atoms with van der Waals surface area (Å²) in [7, 11) is 0. The van der Waals surface area contributed by atoms with E-state index in [-0.39, 0.29) is 12.5 Å². The Hall–Kier alpha value is -1.66. The van der Waals surface area contributed by atoms with Crippen molar-refractivity contribution in [3.05, 3.63) is 62.5 Å². The second-order valence-electron chi connectivity index (χ2n) is 5.48. The van der Waals surface area contributed by atoms with Crippen LogP contribution in [0.5, 0.6) is 5.75 Å². The highest BCUT2D eigenvalue weighted by Gasteiger charge is 2.07. The number of benzene rings is 2. The molecular weight excluding hydrogens is 436 g/mol. The molecule has 0 aliphatic carbocycles. The van der Waals surface area contributed by atoms with Crippen LogP contribution in [0.15, 0.2) is 56.5 Å². The fourth-order valence-corrected chi connectivity index (χ4v) is 2.67. The van der Waals surface area contributed by atoms with Crippen molar-refractivity contribution in [2.24, 2.45) is 5.10 Å². The Labute approximate surface area is 158 Å². The summed E-state index contributed by atoms with van der Waals surface area (Å²) in [6.07, 6.45) is 1.58. The lowest BCUT2D eigenvalue weighted by molar-refractivity contribution is -0.123. The third-order valence-corrected chi connectivity index (χ3v) is 4.40. The maximum atomic E-state index is 11.8. The number of nitrogens with one attached hydrogen (secondary N) is 1. The van der Waals surface area contributed by atoms with Crippen LogP contribution in [0.25, 0.3) is 0 Å². The van der Waals surface area contributed by atoms with Crippen molar-refractivity contribution in [3.63, 3.8) is 0 Å². The molecule has 2 aromatic rings. The summed E-state index contributed by atoms with van der Waals surface area (Å²) in [5, 5.41) is 3.91. The molecule has 0 saturated carbocycles. The van der Waals surface area contributed by atoms with Crippen LogP contribution in [-0.4, -0.2) is 18.7 Å². The van der Waals surface area contributed by atoms with E-state index in [4.69, 9.17) is 4.74 Å². The van der Waals surface area contributed by atoms with E-state index < -0.39 is 0 Å². The highest BCUT2D eigenvalue weighted by atomic mass is 79.9. The Kier molecular flexibility index (Phi) is 6.99. The predicted molar refractivity (Wildman–Crippen MR) is 104 cm³/mol. The van der Waals surface area contributed by atoms with Crippen LogP contribution in [0.1, 0.15) is 30.9 Å². The summed E-state index contributed by atoms with van der Waals surface area (Å²) in [5.41, 5.74) is 4.54. The van der Waals surface area contributed by atoms with Gasteiger partial charge in [0.2, 0.25) is 0 Å². The largest absolute Gasteiger partial charge is 0.483 e. The van der Waals surface area contributed by atoms with Crippen LogP contribution >= 0.6 is 31.9 Å². The van der Waals surface area contributed by atoms with Gasteiger partial charge in [0.25, 0.3) is 5.91 Å². The Balaban J connectivity index is 1.84.